The van der Waals surface area contributed by atoms with Gasteiger partial charge in [0.15, 0.2) is 9.84 Å². The van der Waals surface area contributed by atoms with Gasteiger partial charge in [-0.05, 0) is 37.5 Å². The summed E-state index contributed by atoms with van der Waals surface area (Å²) in [6.45, 7) is 3.96. The van der Waals surface area contributed by atoms with E-state index < -0.39 is 9.84 Å². The second-order valence-corrected chi connectivity index (χ2v) is 12.0. The molecular weight excluding hydrogens is 469 g/mol. The van der Waals surface area contributed by atoms with E-state index in [1.165, 1.54) is 41.6 Å². The van der Waals surface area contributed by atoms with Gasteiger partial charge in [-0.2, -0.15) is 0 Å². The van der Waals surface area contributed by atoms with Crippen LogP contribution in [0.4, 0.5) is 4.39 Å². The van der Waals surface area contributed by atoms with E-state index in [0.29, 0.717) is 11.4 Å². The van der Waals surface area contributed by atoms with Gasteiger partial charge in [0.05, 0.1) is 22.6 Å². The highest BCUT2D eigenvalue weighted by Gasteiger charge is 2.36. The van der Waals surface area contributed by atoms with Gasteiger partial charge in [-0.1, -0.05) is 30.8 Å². The van der Waals surface area contributed by atoms with Gasteiger partial charge in [0, 0.05) is 23.0 Å². The Kier molecular flexibility index (Phi) is 6.83. The van der Waals surface area contributed by atoms with Crippen molar-refractivity contribution in [1.29, 1.82) is 0 Å². The summed E-state index contributed by atoms with van der Waals surface area (Å²) in [7, 11) is -3.09. The van der Waals surface area contributed by atoms with Crippen molar-refractivity contribution in [2.75, 3.05) is 17.3 Å². The second kappa shape index (κ2) is 9.44. The minimum Gasteiger partial charge on any atom is -0.335 e. The molecule has 0 radical (unpaired) electrons. The number of sulfone groups is 1. The van der Waals surface area contributed by atoms with E-state index in [1.807, 2.05) is 19.2 Å². The molecule has 0 spiro atoms. The van der Waals surface area contributed by atoms with Gasteiger partial charge >= 0.3 is 0 Å². The Hall–Kier alpha value is -2.04. The lowest BCUT2D eigenvalue weighted by molar-refractivity contribution is -0.132. The standard InChI is InChI=1S/C22H24FN3O3S3/c1-3-14(2)26(17-8-9-32(28,29)12-17)19(27)11-31-22-20-18(10-30-21(20)24-13-25-22)15-4-6-16(23)7-5-15/h4-7,10,13-14,17H,3,8-9,11-12H2,1-2H3. The molecule has 0 aliphatic carbocycles. The Labute approximate surface area is 195 Å². The van der Waals surface area contributed by atoms with Gasteiger partial charge < -0.3 is 4.90 Å². The molecule has 1 aromatic carbocycles. The van der Waals surface area contributed by atoms with Crippen LogP contribution in [-0.4, -0.2) is 58.5 Å². The van der Waals surface area contributed by atoms with E-state index in [2.05, 4.69) is 9.97 Å². The lowest BCUT2D eigenvalue weighted by Gasteiger charge is -2.33. The maximum absolute atomic E-state index is 13.4. The molecule has 2 unspecified atom stereocenters. The molecule has 1 amide bonds. The molecule has 2 aromatic heterocycles. The number of hydrogen-bond acceptors (Lipinski definition) is 7. The molecule has 3 aromatic rings. The van der Waals surface area contributed by atoms with Crippen molar-refractivity contribution in [3.63, 3.8) is 0 Å². The number of carbonyl (C=O) groups is 1. The molecule has 1 fully saturated rings. The van der Waals surface area contributed by atoms with Crippen LogP contribution >= 0.6 is 23.1 Å². The summed E-state index contributed by atoms with van der Waals surface area (Å²) in [5.41, 5.74) is 1.76. The van der Waals surface area contributed by atoms with Crippen molar-refractivity contribution in [3.8, 4) is 11.1 Å². The second-order valence-electron chi connectivity index (χ2n) is 7.92. The van der Waals surface area contributed by atoms with Crippen LogP contribution in [0.1, 0.15) is 26.7 Å². The first-order chi connectivity index (χ1) is 15.3. The first kappa shape index (κ1) is 23.1. The van der Waals surface area contributed by atoms with Crippen LogP contribution in [0.3, 0.4) is 0 Å². The van der Waals surface area contributed by atoms with Gasteiger partial charge in [0.25, 0.3) is 0 Å². The van der Waals surface area contributed by atoms with E-state index >= 15 is 0 Å². The number of aromatic nitrogens is 2. The number of thioether (sulfide) groups is 1. The predicted octanol–water partition coefficient (Wildman–Crippen LogP) is 4.40. The first-order valence-corrected chi connectivity index (χ1v) is 14.1. The van der Waals surface area contributed by atoms with Crippen LogP contribution in [0.5, 0.6) is 0 Å². The van der Waals surface area contributed by atoms with Gasteiger partial charge in [0.2, 0.25) is 5.91 Å². The van der Waals surface area contributed by atoms with E-state index in [-0.39, 0.29) is 41.1 Å². The number of carbonyl (C=O) groups excluding carboxylic acids is 1. The van der Waals surface area contributed by atoms with Crippen molar-refractivity contribution < 1.29 is 17.6 Å². The van der Waals surface area contributed by atoms with Gasteiger partial charge in [-0.25, -0.2) is 22.8 Å². The number of nitrogens with zero attached hydrogens (tertiary/aromatic N) is 3. The molecule has 4 rings (SSSR count). The van der Waals surface area contributed by atoms with Crippen LogP contribution in [0.25, 0.3) is 21.3 Å². The number of hydrogen-bond donors (Lipinski definition) is 0. The zero-order valence-corrected chi connectivity index (χ0v) is 20.3. The fourth-order valence-corrected chi connectivity index (χ4v) is 7.58. The summed E-state index contributed by atoms with van der Waals surface area (Å²) in [5, 5.41) is 3.50. The van der Waals surface area contributed by atoms with Crippen LogP contribution < -0.4 is 0 Å². The van der Waals surface area contributed by atoms with Gasteiger partial charge in [-0.15, -0.1) is 11.3 Å². The third kappa shape index (κ3) is 4.82. The molecule has 1 aliphatic rings. The van der Waals surface area contributed by atoms with Gasteiger partial charge in [-0.3, -0.25) is 4.79 Å². The molecule has 0 saturated carbocycles. The van der Waals surface area contributed by atoms with Crippen LogP contribution in [0, 0.1) is 5.82 Å². The SMILES string of the molecule is CCC(C)N(C(=O)CSc1ncnc2scc(-c3ccc(F)cc3)c12)C1CCS(=O)(=O)C1. The predicted molar refractivity (Wildman–Crippen MR) is 127 cm³/mol. The molecule has 10 heteroatoms. The Morgan fingerprint density at radius 2 is 2.06 bits per heavy atom. The molecule has 32 heavy (non-hydrogen) atoms. The Morgan fingerprint density at radius 3 is 2.72 bits per heavy atom. The van der Waals surface area contributed by atoms with Crippen molar-refractivity contribution in [2.24, 2.45) is 0 Å². The van der Waals surface area contributed by atoms with E-state index in [9.17, 15) is 17.6 Å². The monoisotopic (exact) mass is 493 g/mol. The first-order valence-electron chi connectivity index (χ1n) is 10.4. The number of fused-ring (bicyclic) bond motifs is 1. The minimum absolute atomic E-state index is 0.0325. The number of amides is 1. The smallest absolute Gasteiger partial charge is 0.233 e. The summed E-state index contributed by atoms with van der Waals surface area (Å²) >= 11 is 2.81. The maximum Gasteiger partial charge on any atom is 0.233 e. The molecule has 1 saturated heterocycles. The fourth-order valence-electron chi connectivity index (χ4n) is 4.00. The number of thiophene rings is 1. The summed E-state index contributed by atoms with van der Waals surface area (Å²) in [4.78, 5) is 24.5. The molecule has 0 bridgehead atoms. The third-order valence-electron chi connectivity index (χ3n) is 5.78. The zero-order valence-electron chi connectivity index (χ0n) is 17.8. The Bertz CT molecular complexity index is 1230. The normalized spacial score (nSPS) is 18.7. The molecule has 6 nitrogen and oxygen atoms in total. The van der Waals surface area contributed by atoms with Gasteiger partial charge in [0.1, 0.15) is 22.0 Å². The minimum atomic E-state index is -3.09. The van der Waals surface area contributed by atoms with Crippen molar-refractivity contribution in [3.05, 3.63) is 41.8 Å². The van der Waals surface area contributed by atoms with Crippen LogP contribution in [-0.2, 0) is 14.6 Å². The number of benzene rings is 1. The number of rotatable bonds is 7. The summed E-state index contributed by atoms with van der Waals surface area (Å²) < 4.78 is 37.3. The molecule has 170 valence electrons. The molecule has 2 atom stereocenters. The van der Waals surface area contributed by atoms with Crippen LogP contribution in [0.2, 0.25) is 0 Å². The van der Waals surface area contributed by atoms with E-state index in [4.69, 9.17) is 0 Å². The molecule has 1 aliphatic heterocycles. The Morgan fingerprint density at radius 1 is 1.31 bits per heavy atom. The highest BCUT2D eigenvalue weighted by molar-refractivity contribution is 8.00. The topological polar surface area (TPSA) is 80.2 Å². The van der Waals surface area contributed by atoms with E-state index in [0.717, 1.165) is 27.8 Å². The Balaban J connectivity index is 1.58. The third-order valence-corrected chi connectivity index (χ3v) is 9.39. The quantitative estimate of drug-likeness (QED) is 0.358. The number of halogens is 1. The molecule has 0 N–H and O–H groups in total. The lowest BCUT2D eigenvalue weighted by atomic mass is 10.1. The van der Waals surface area contributed by atoms with Crippen molar-refractivity contribution in [2.45, 2.75) is 43.8 Å². The average molecular weight is 494 g/mol. The lowest BCUT2D eigenvalue weighted by Crippen LogP contribution is -2.47. The van der Waals surface area contributed by atoms with E-state index in [1.54, 1.807) is 17.0 Å². The zero-order chi connectivity index (χ0) is 22.9. The largest absolute Gasteiger partial charge is 0.335 e. The highest BCUT2D eigenvalue weighted by atomic mass is 32.2. The summed E-state index contributed by atoms with van der Waals surface area (Å²) in [5.74, 6) is -0.0650. The molecule has 3 heterocycles. The van der Waals surface area contributed by atoms with Crippen LogP contribution in [0.15, 0.2) is 41.0 Å². The van der Waals surface area contributed by atoms with Crippen molar-refractivity contribution in [1.82, 2.24) is 14.9 Å². The fraction of sp³-hybridized carbons (Fsp3) is 0.409. The summed E-state index contributed by atoms with van der Waals surface area (Å²) in [6, 6.07) is 5.95. The maximum atomic E-state index is 13.4. The highest BCUT2D eigenvalue weighted by Crippen LogP contribution is 2.38. The average Bonchev–Trinajstić information content (AvgIpc) is 3.36. The summed E-state index contributed by atoms with van der Waals surface area (Å²) in [6.07, 6.45) is 2.72. The molecular formula is C22H24FN3O3S3. The van der Waals surface area contributed by atoms with Crippen molar-refractivity contribution >= 4 is 49.1 Å².